The van der Waals surface area contributed by atoms with Crippen LogP contribution in [0.1, 0.15) is 16.7 Å². The van der Waals surface area contributed by atoms with Gasteiger partial charge in [0.05, 0.1) is 0 Å². The van der Waals surface area contributed by atoms with Crippen LogP contribution in [0.25, 0.3) is 0 Å². The number of aryl methyl sites for hydroxylation is 2. The van der Waals surface area contributed by atoms with Gasteiger partial charge < -0.3 is 9.84 Å². The van der Waals surface area contributed by atoms with E-state index in [1.165, 1.54) is 0 Å². The summed E-state index contributed by atoms with van der Waals surface area (Å²) in [5.74, 6) is 0.526. The van der Waals surface area contributed by atoms with Gasteiger partial charge in [-0.15, -0.1) is 0 Å². The summed E-state index contributed by atoms with van der Waals surface area (Å²) in [6.07, 6.45) is -0.648. The maximum absolute atomic E-state index is 11.1. The topological polar surface area (TPSA) is 58.6 Å². The summed E-state index contributed by atoms with van der Waals surface area (Å²) < 4.78 is 5.04. The van der Waals surface area contributed by atoms with E-state index in [0.29, 0.717) is 5.75 Å². The molecular weight excluding hydrogens is 194 g/mol. The Bertz CT molecular complexity index is 374. The minimum absolute atomic E-state index is 0.428. The van der Waals surface area contributed by atoms with Gasteiger partial charge in [0.1, 0.15) is 12.5 Å². The fourth-order valence-electron chi connectivity index (χ4n) is 1.31. The van der Waals surface area contributed by atoms with E-state index in [9.17, 15) is 4.79 Å². The van der Waals surface area contributed by atoms with Gasteiger partial charge in [-0.3, -0.25) is 5.32 Å². The van der Waals surface area contributed by atoms with Gasteiger partial charge in [0.25, 0.3) is 0 Å². The van der Waals surface area contributed by atoms with E-state index < -0.39 is 12.8 Å². The zero-order valence-corrected chi connectivity index (χ0v) is 9.13. The second-order valence-corrected chi connectivity index (χ2v) is 3.43. The van der Waals surface area contributed by atoms with Crippen LogP contribution in [0.4, 0.5) is 4.79 Å². The number of rotatable bonds is 2. The van der Waals surface area contributed by atoms with Crippen molar-refractivity contribution in [3.8, 4) is 5.75 Å². The number of aliphatic hydroxyl groups is 1. The van der Waals surface area contributed by atoms with Crippen LogP contribution in [0.2, 0.25) is 0 Å². The number of hydrogen-bond acceptors (Lipinski definition) is 3. The Morgan fingerprint density at radius 1 is 1.40 bits per heavy atom. The molecule has 2 N–H and O–H groups in total. The van der Waals surface area contributed by atoms with E-state index >= 15 is 0 Å². The van der Waals surface area contributed by atoms with Crippen molar-refractivity contribution in [1.29, 1.82) is 0 Å². The molecule has 15 heavy (non-hydrogen) atoms. The molecule has 0 saturated heterocycles. The van der Waals surface area contributed by atoms with Crippen LogP contribution in [0.5, 0.6) is 5.75 Å². The summed E-state index contributed by atoms with van der Waals surface area (Å²) in [5.41, 5.74) is 3.03. The summed E-state index contributed by atoms with van der Waals surface area (Å²) in [7, 11) is 0. The van der Waals surface area contributed by atoms with Gasteiger partial charge in [0.15, 0.2) is 0 Å². The van der Waals surface area contributed by atoms with Gasteiger partial charge in [-0.1, -0.05) is 6.07 Å². The average Bonchev–Trinajstić information content (AvgIpc) is 2.13. The normalized spacial score (nSPS) is 9.87. The molecule has 0 aliphatic carbocycles. The lowest BCUT2D eigenvalue weighted by atomic mass is 10.1. The van der Waals surface area contributed by atoms with Crippen LogP contribution in [0, 0.1) is 20.8 Å². The van der Waals surface area contributed by atoms with Crippen LogP contribution in [-0.2, 0) is 0 Å². The molecule has 0 fully saturated rings. The first-order valence-corrected chi connectivity index (χ1v) is 4.69. The van der Waals surface area contributed by atoms with Crippen molar-refractivity contribution in [1.82, 2.24) is 5.32 Å². The first kappa shape index (κ1) is 11.5. The van der Waals surface area contributed by atoms with Crippen molar-refractivity contribution < 1.29 is 14.6 Å². The lowest BCUT2D eigenvalue weighted by Gasteiger charge is -2.10. The molecule has 0 aliphatic rings. The Morgan fingerprint density at radius 3 is 2.67 bits per heavy atom. The molecule has 0 aliphatic heterocycles. The third-order valence-corrected chi connectivity index (χ3v) is 2.19. The van der Waals surface area contributed by atoms with Crippen molar-refractivity contribution in [3.63, 3.8) is 0 Å². The molecule has 82 valence electrons. The van der Waals surface area contributed by atoms with E-state index in [-0.39, 0.29) is 0 Å². The fourth-order valence-corrected chi connectivity index (χ4v) is 1.31. The van der Waals surface area contributed by atoms with E-state index in [1.807, 2.05) is 26.8 Å². The van der Waals surface area contributed by atoms with Crippen LogP contribution < -0.4 is 10.1 Å². The standard InChI is InChI=1S/C11H15NO3/c1-7-4-8(2)9(3)10(5-7)15-11(14)12-6-13/h4-5,13H,6H2,1-3H3,(H,12,14). The molecule has 4 nitrogen and oxygen atoms in total. The first-order valence-electron chi connectivity index (χ1n) is 4.69. The Kier molecular flexibility index (Phi) is 3.68. The van der Waals surface area contributed by atoms with Gasteiger partial charge in [0, 0.05) is 0 Å². The lowest BCUT2D eigenvalue weighted by Crippen LogP contribution is -2.27. The molecule has 1 amide bonds. The molecule has 4 heteroatoms. The highest BCUT2D eigenvalue weighted by Crippen LogP contribution is 2.23. The number of carbonyl (C=O) groups excluding carboxylic acids is 1. The van der Waals surface area contributed by atoms with Crippen molar-refractivity contribution in [2.24, 2.45) is 0 Å². The summed E-state index contributed by atoms with van der Waals surface area (Å²) in [5, 5.41) is 10.6. The summed E-state index contributed by atoms with van der Waals surface area (Å²) in [4.78, 5) is 11.1. The molecule has 0 bridgehead atoms. The van der Waals surface area contributed by atoms with Crippen molar-refractivity contribution in [3.05, 3.63) is 28.8 Å². The Morgan fingerprint density at radius 2 is 2.07 bits per heavy atom. The number of carbonyl (C=O) groups is 1. The number of hydrogen-bond donors (Lipinski definition) is 2. The number of aliphatic hydroxyl groups excluding tert-OH is 1. The molecule has 0 radical (unpaired) electrons. The smallest absolute Gasteiger partial charge is 0.410 e. The Labute approximate surface area is 88.9 Å². The van der Waals surface area contributed by atoms with E-state index in [0.717, 1.165) is 16.7 Å². The van der Waals surface area contributed by atoms with Crippen LogP contribution in [0.15, 0.2) is 12.1 Å². The highest BCUT2D eigenvalue weighted by Gasteiger charge is 2.08. The Balaban J connectivity index is 2.89. The third kappa shape index (κ3) is 2.95. The van der Waals surface area contributed by atoms with E-state index in [1.54, 1.807) is 6.07 Å². The van der Waals surface area contributed by atoms with Gasteiger partial charge in [-0.25, -0.2) is 4.79 Å². The van der Waals surface area contributed by atoms with Gasteiger partial charge in [-0.2, -0.15) is 0 Å². The number of nitrogens with one attached hydrogen (secondary N) is 1. The fraction of sp³-hybridized carbons (Fsp3) is 0.364. The van der Waals surface area contributed by atoms with Crippen LogP contribution in [-0.4, -0.2) is 17.9 Å². The maximum Gasteiger partial charge on any atom is 0.414 e. The quantitative estimate of drug-likeness (QED) is 0.728. The highest BCUT2D eigenvalue weighted by atomic mass is 16.6. The zero-order valence-electron chi connectivity index (χ0n) is 9.13. The predicted molar refractivity (Wildman–Crippen MR) is 56.9 cm³/mol. The summed E-state index contributed by atoms with van der Waals surface area (Å²) in [6, 6.07) is 3.81. The lowest BCUT2D eigenvalue weighted by molar-refractivity contribution is 0.181. The van der Waals surface area contributed by atoms with Gasteiger partial charge in [0.2, 0.25) is 0 Å². The summed E-state index contributed by atoms with van der Waals surface area (Å²) in [6.45, 7) is 5.35. The number of benzene rings is 1. The zero-order chi connectivity index (χ0) is 11.4. The molecule has 1 rings (SSSR count). The number of ether oxygens (including phenoxy) is 1. The molecule has 1 aromatic carbocycles. The Hall–Kier alpha value is -1.55. The van der Waals surface area contributed by atoms with E-state index in [4.69, 9.17) is 9.84 Å². The van der Waals surface area contributed by atoms with Gasteiger partial charge >= 0.3 is 6.09 Å². The molecule has 0 saturated carbocycles. The minimum atomic E-state index is -0.648. The highest BCUT2D eigenvalue weighted by molar-refractivity contribution is 5.70. The second kappa shape index (κ2) is 4.79. The van der Waals surface area contributed by atoms with Crippen molar-refractivity contribution in [2.45, 2.75) is 20.8 Å². The molecule has 0 heterocycles. The molecule has 0 unspecified atom stereocenters. The maximum atomic E-state index is 11.1. The predicted octanol–water partition coefficient (Wildman–Crippen LogP) is 1.65. The molecule has 1 aromatic rings. The van der Waals surface area contributed by atoms with Crippen LogP contribution in [0.3, 0.4) is 0 Å². The SMILES string of the molecule is Cc1cc(C)c(C)c(OC(=O)NCO)c1. The van der Waals surface area contributed by atoms with Crippen molar-refractivity contribution >= 4 is 6.09 Å². The summed E-state index contributed by atoms with van der Waals surface area (Å²) >= 11 is 0. The van der Waals surface area contributed by atoms with Gasteiger partial charge in [-0.05, 0) is 43.5 Å². The van der Waals surface area contributed by atoms with Crippen molar-refractivity contribution in [2.75, 3.05) is 6.73 Å². The molecular formula is C11H15NO3. The molecule has 0 spiro atoms. The van der Waals surface area contributed by atoms with E-state index in [2.05, 4.69) is 5.32 Å². The third-order valence-electron chi connectivity index (χ3n) is 2.19. The minimum Gasteiger partial charge on any atom is -0.410 e. The second-order valence-electron chi connectivity index (χ2n) is 3.43. The molecule has 0 atom stereocenters. The number of amides is 1. The largest absolute Gasteiger partial charge is 0.414 e. The molecule has 0 aromatic heterocycles. The first-order chi connectivity index (χ1) is 7.04. The van der Waals surface area contributed by atoms with Crippen LogP contribution >= 0.6 is 0 Å². The monoisotopic (exact) mass is 209 g/mol. The average molecular weight is 209 g/mol.